The molecule has 8 rings (SSSR count). The molecule has 7 fully saturated rings. The van der Waals surface area contributed by atoms with E-state index in [-0.39, 0.29) is 47.7 Å². The van der Waals surface area contributed by atoms with E-state index in [1.165, 1.54) is 0 Å². The normalized spacial score (nSPS) is 55.5. The molecular formula is C46H76O18. The quantitative estimate of drug-likeness (QED) is 0.114. The Morgan fingerprint density at radius 1 is 0.750 bits per heavy atom. The molecule has 64 heavy (non-hydrogen) atoms. The van der Waals surface area contributed by atoms with Crippen LogP contribution in [-0.4, -0.2) is 188 Å². The molecule has 4 heterocycles. The van der Waals surface area contributed by atoms with Gasteiger partial charge in [-0.25, -0.2) is 0 Å². The van der Waals surface area contributed by atoms with Crippen molar-refractivity contribution in [1.29, 1.82) is 0 Å². The summed E-state index contributed by atoms with van der Waals surface area (Å²) in [5, 5.41) is 105. The lowest BCUT2D eigenvalue weighted by atomic mass is 9.46. The van der Waals surface area contributed by atoms with Gasteiger partial charge in [-0.15, -0.1) is 0 Å². The van der Waals surface area contributed by atoms with Crippen LogP contribution in [0.4, 0.5) is 0 Å². The van der Waals surface area contributed by atoms with Crippen molar-refractivity contribution in [3.8, 4) is 0 Å². The van der Waals surface area contributed by atoms with E-state index in [1.54, 1.807) is 21.0 Å². The zero-order valence-electron chi connectivity index (χ0n) is 38.2. The molecule has 3 saturated carbocycles. The predicted octanol–water partition coefficient (Wildman–Crippen LogP) is -0.179. The van der Waals surface area contributed by atoms with Gasteiger partial charge in [-0.05, 0) is 87.4 Å². The lowest BCUT2D eigenvalue weighted by molar-refractivity contribution is -0.329. The maximum atomic E-state index is 11.2. The average Bonchev–Trinajstić information content (AvgIpc) is 3.73. The SMILES string of the molecule is COC1(CCC(C)COC2OC(CO)C(O)C(O)C2O)OC2CC3C4CC=C5CC(OC6OC(C)C(O)C(O)C6O)CC(OC6OC(C)C(O)C(O)C6O)C5(C)C4CCC3(C)C2C1C. The molecule has 368 valence electrons. The van der Waals surface area contributed by atoms with Gasteiger partial charge in [0.25, 0.3) is 0 Å². The largest absolute Gasteiger partial charge is 0.394 e. The highest BCUT2D eigenvalue weighted by Crippen LogP contribution is 2.71. The summed E-state index contributed by atoms with van der Waals surface area (Å²) in [7, 11) is 1.71. The molecule has 0 spiro atoms. The number of rotatable bonds is 12. The molecule has 0 bridgehead atoms. The maximum Gasteiger partial charge on any atom is 0.186 e. The topological polar surface area (TPSA) is 276 Å². The first-order chi connectivity index (χ1) is 30.2. The molecule has 0 amide bonds. The van der Waals surface area contributed by atoms with Gasteiger partial charge in [0.1, 0.15) is 61.0 Å². The van der Waals surface area contributed by atoms with Gasteiger partial charge in [-0.3, -0.25) is 0 Å². The summed E-state index contributed by atoms with van der Waals surface area (Å²) in [5.74, 6) is 0.235. The highest BCUT2D eigenvalue weighted by molar-refractivity contribution is 5.29. The summed E-state index contributed by atoms with van der Waals surface area (Å²) in [6, 6.07) is 0. The fourth-order valence-electron chi connectivity index (χ4n) is 13.9. The molecule has 4 saturated heterocycles. The van der Waals surface area contributed by atoms with Crippen molar-refractivity contribution >= 4 is 0 Å². The Balaban J connectivity index is 0.977. The molecule has 0 aromatic carbocycles. The molecule has 18 heteroatoms. The molecule has 27 atom stereocenters. The van der Waals surface area contributed by atoms with E-state index in [0.717, 1.165) is 31.3 Å². The fraction of sp³-hybridized carbons (Fsp3) is 0.957. The Kier molecular flexibility index (Phi) is 14.5. The average molecular weight is 917 g/mol. The number of ether oxygens (including phenoxy) is 8. The first-order valence-corrected chi connectivity index (χ1v) is 23.7. The summed E-state index contributed by atoms with van der Waals surface area (Å²) < 4.78 is 49.9. The zero-order chi connectivity index (χ0) is 46.4. The van der Waals surface area contributed by atoms with Crippen LogP contribution in [-0.2, 0) is 37.9 Å². The minimum absolute atomic E-state index is 0.00555. The number of allylic oxidation sites excluding steroid dienone is 1. The Morgan fingerprint density at radius 2 is 1.36 bits per heavy atom. The second kappa shape index (κ2) is 18.7. The number of aliphatic hydroxyl groups is 10. The van der Waals surface area contributed by atoms with E-state index in [2.05, 4.69) is 26.8 Å². The first-order valence-electron chi connectivity index (χ1n) is 23.7. The lowest BCUT2D eigenvalue weighted by Gasteiger charge is -2.61. The smallest absolute Gasteiger partial charge is 0.186 e. The third kappa shape index (κ3) is 8.27. The van der Waals surface area contributed by atoms with Crippen LogP contribution < -0.4 is 0 Å². The Labute approximate surface area is 375 Å². The summed E-state index contributed by atoms with van der Waals surface area (Å²) in [6.45, 7) is 11.8. The minimum Gasteiger partial charge on any atom is -0.394 e. The molecule has 8 aliphatic rings. The van der Waals surface area contributed by atoms with E-state index in [1.807, 2.05) is 6.92 Å². The summed E-state index contributed by atoms with van der Waals surface area (Å²) in [6.07, 6.45) is -12.3. The number of fused-ring (bicyclic) bond motifs is 7. The Morgan fingerprint density at radius 3 is 1.98 bits per heavy atom. The molecule has 18 nitrogen and oxygen atoms in total. The second-order valence-electron chi connectivity index (χ2n) is 21.3. The Hall–Kier alpha value is -0.980. The standard InChI is InChI=1S/C46H76O18/c1-19(18-58-41-38(54)37(53)34(50)29(17-47)62-41)10-13-46(57-7)20(2)31-28(64-46)16-27-25-9-8-23-14-24(61-42-39(55)35(51)32(48)21(3)59-42)15-30(45(23,6)26(25)11-12-44(27,31)5)63-43-40(56)36(52)33(49)22(4)60-43/h8,19-22,24-43,47-56H,9-18H2,1-7H3. The molecule has 4 aliphatic heterocycles. The number of hydrogen-bond donors (Lipinski definition) is 10. The van der Waals surface area contributed by atoms with Gasteiger partial charge in [0.05, 0.1) is 43.7 Å². The number of aliphatic hydroxyl groups excluding tert-OH is 10. The van der Waals surface area contributed by atoms with E-state index in [9.17, 15) is 51.1 Å². The fourth-order valence-corrected chi connectivity index (χ4v) is 13.9. The number of hydrogen-bond acceptors (Lipinski definition) is 18. The summed E-state index contributed by atoms with van der Waals surface area (Å²) in [4.78, 5) is 0. The van der Waals surface area contributed by atoms with Crippen LogP contribution in [0, 0.1) is 46.3 Å². The van der Waals surface area contributed by atoms with Crippen molar-refractivity contribution in [1.82, 2.24) is 0 Å². The minimum atomic E-state index is -1.51. The van der Waals surface area contributed by atoms with Crippen LogP contribution in [0.5, 0.6) is 0 Å². The van der Waals surface area contributed by atoms with Gasteiger partial charge in [-0.2, -0.15) is 0 Å². The third-order valence-electron chi connectivity index (χ3n) is 17.8. The predicted molar refractivity (Wildman–Crippen MR) is 222 cm³/mol. The van der Waals surface area contributed by atoms with Crippen molar-refractivity contribution in [3.05, 3.63) is 11.6 Å². The lowest BCUT2D eigenvalue weighted by Crippen LogP contribution is -2.62. The zero-order valence-corrected chi connectivity index (χ0v) is 38.2. The van der Waals surface area contributed by atoms with Gasteiger partial charge in [0.2, 0.25) is 0 Å². The molecule has 4 aliphatic carbocycles. The summed E-state index contributed by atoms with van der Waals surface area (Å²) >= 11 is 0. The van der Waals surface area contributed by atoms with Gasteiger partial charge in [0.15, 0.2) is 24.7 Å². The van der Waals surface area contributed by atoms with Crippen molar-refractivity contribution in [2.45, 2.75) is 209 Å². The van der Waals surface area contributed by atoms with E-state index in [4.69, 9.17) is 37.9 Å². The van der Waals surface area contributed by atoms with Crippen molar-refractivity contribution in [2.24, 2.45) is 46.3 Å². The monoisotopic (exact) mass is 917 g/mol. The van der Waals surface area contributed by atoms with Crippen LogP contribution in [0.25, 0.3) is 0 Å². The molecule has 0 radical (unpaired) electrons. The van der Waals surface area contributed by atoms with E-state index >= 15 is 0 Å². The van der Waals surface area contributed by atoms with Gasteiger partial charge >= 0.3 is 0 Å². The van der Waals surface area contributed by atoms with Crippen LogP contribution >= 0.6 is 0 Å². The van der Waals surface area contributed by atoms with Crippen LogP contribution in [0.2, 0.25) is 0 Å². The Bertz CT molecular complexity index is 1640. The molecule has 0 aromatic rings. The third-order valence-corrected chi connectivity index (χ3v) is 17.8. The van der Waals surface area contributed by atoms with E-state index in [0.29, 0.717) is 31.6 Å². The molecular weight excluding hydrogens is 840 g/mol. The van der Waals surface area contributed by atoms with Crippen LogP contribution in [0.15, 0.2) is 11.6 Å². The molecule has 0 aromatic heterocycles. The highest BCUT2D eigenvalue weighted by Gasteiger charge is 2.69. The first kappa shape index (κ1) is 49.4. The molecule has 27 unspecified atom stereocenters. The molecule has 10 N–H and O–H groups in total. The van der Waals surface area contributed by atoms with Crippen molar-refractivity contribution < 1.29 is 89.0 Å². The highest BCUT2D eigenvalue weighted by atomic mass is 16.7. The maximum absolute atomic E-state index is 11.2. The summed E-state index contributed by atoms with van der Waals surface area (Å²) in [5.41, 5.74) is 0.527. The van der Waals surface area contributed by atoms with Crippen molar-refractivity contribution in [2.75, 3.05) is 20.3 Å². The van der Waals surface area contributed by atoms with Gasteiger partial charge in [0, 0.05) is 31.3 Å². The van der Waals surface area contributed by atoms with Crippen molar-refractivity contribution in [3.63, 3.8) is 0 Å². The van der Waals surface area contributed by atoms with Crippen LogP contribution in [0.1, 0.15) is 92.9 Å². The van der Waals surface area contributed by atoms with Gasteiger partial charge < -0.3 is 89.0 Å². The second-order valence-corrected chi connectivity index (χ2v) is 21.3. The van der Waals surface area contributed by atoms with Gasteiger partial charge in [-0.1, -0.05) is 39.3 Å². The number of methoxy groups -OCH3 is 1. The van der Waals surface area contributed by atoms with Crippen LogP contribution in [0.3, 0.4) is 0 Å². The van der Waals surface area contributed by atoms with E-state index < -0.39 is 122 Å².